The van der Waals surface area contributed by atoms with E-state index in [9.17, 15) is 9.59 Å². The summed E-state index contributed by atoms with van der Waals surface area (Å²) in [7, 11) is 0. The second kappa shape index (κ2) is 9.57. The number of rotatable bonds is 6. The van der Waals surface area contributed by atoms with Crippen molar-refractivity contribution >= 4 is 23.7 Å². The summed E-state index contributed by atoms with van der Waals surface area (Å²) in [5, 5.41) is 5.91. The summed E-state index contributed by atoms with van der Waals surface area (Å²) < 4.78 is 0. The molecule has 2 N–H and O–H groups in total. The fourth-order valence-electron chi connectivity index (χ4n) is 2.70. The van der Waals surface area contributed by atoms with Gasteiger partial charge in [0.05, 0.1) is 0 Å². The summed E-state index contributed by atoms with van der Waals surface area (Å²) >= 11 is 1.73. The van der Waals surface area contributed by atoms with E-state index in [1.807, 2.05) is 36.9 Å². The van der Waals surface area contributed by atoms with Gasteiger partial charge in [-0.05, 0) is 25.0 Å². The molecule has 132 valence electrons. The van der Waals surface area contributed by atoms with Gasteiger partial charge in [-0.1, -0.05) is 32.0 Å². The predicted molar refractivity (Wildman–Crippen MR) is 98.1 cm³/mol. The van der Waals surface area contributed by atoms with Gasteiger partial charge >= 0.3 is 6.03 Å². The van der Waals surface area contributed by atoms with E-state index in [1.54, 1.807) is 11.8 Å². The third-order valence-electron chi connectivity index (χ3n) is 4.04. The monoisotopic (exact) mass is 349 g/mol. The van der Waals surface area contributed by atoms with Gasteiger partial charge in [0.1, 0.15) is 0 Å². The Morgan fingerprint density at radius 1 is 1.21 bits per heavy atom. The maximum absolute atomic E-state index is 11.9. The fraction of sp³-hybridized carbons (Fsp3) is 0.556. The molecule has 1 aliphatic heterocycles. The maximum Gasteiger partial charge on any atom is 0.315 e. The number of piperidine rings is 1. The van der Waals surface area contributed by atoms with E-state index in [4.69, 9.17) is 0 Å². The number of hydrogen-bond acceptors (Lipinski definition) is 3. The van der Waals surface area contributed by atoms with Crippen molar-refractivity contribution in [2.75, 3.05) is 25.4 Å². The largest absolute Gasteiger partial charge is 0.342 e. The standard InChI is InChI=1S/C18H27N3O2S/c1-14(2)17(22)21-11-8-15(9-12-21)20-18(23)19-10-13-24-16-6-4-3-5-7-16/h3-7,14-15H,8-13H2,1-2H3,(H2,19,20,23). The van der Waals surface area contributed by atoms with E-state index in [1.165, 1.54) is 4.90 Å². The molecule has 0 unspecified atom stereocenters. The van der Waals surface area contributed by atoms with E-state index in [2.05, 4.69) is 22.8 Å². The third-order valence-corrected chi connectivity index (χ3v) is 5.05. The maximum atomic E-state index is 11.9. The van der Waals surface area contributed by atoms with Crippen LogP contribution in [0.3, 0.4) is 0 Å². The Morgan fingerprint density at radius 2 is 1.88 bits per heavy atom. The molecule has 1 aromatic carbocycles. The van der Waals surface area contributed by atoms with Crippen molar-refractivity contribution in [2.45, 2.75) is 37.6 Å². The molecule has 1 saturated heterocycles. The number of thioether (sulfide) groups is 1. The van der Waals surface area contributed by atoms with Crippen molar-refractivity contribution in [1.29, 1.82) is 0 Å². The number of carbonyl (C=O) groups excluding carboxylic acids is 2. The Balaban J connectivity index is 1.59. The van der Waals surface area contributed by atoms with Crippen LogP contribution in [-0.2, 0) is 4.79 Å². The number of carbonyl (C=O) groups is 2. The molecular weight excluding hydrogens is 322 g/mol. The van der Waals surface area contributed by atoms with Gasteiger partial charge in [-0.25, -0.2) is 4.79 Å². The lowest BCUT2D eigenvalue weighted by Crippen LogP contribution is -2.50. The molecule has 1 heterocycles. The van der Waals surface area contributed by atoms with Crippen LogP contribution in [0.5, 0.6) is 0 Å². The summed E-state index contributed by atoms with van der Waals surface area (Å²) in [6, 6.07) is 10.2. The second-order valence-electron chi connectivity index (χ2n) is 6.32. The molecule has 1 aliphatic rings. The first-order valence-corrected chi connectivity index (χ1v) is 9.56. The highest BCUT2D eigenvalue weighted by Crippen LogP contribution is 2.16. The first-order valence-electron chi connectivity index (χ1n) is 8.57. The topological polar surface area (TPSA) is 61.4 Å². The van der Waals surface area contributed by atoms with Gasteiger partial charge < -0.3 is 15.5 Å². The minimum absolute atomic E-state index is 0.0416. The van der Waals surface area contributed by atoms with Crippen LogP contribution in [0.15, 0.2) is 35.2 Å². The molecule has 1 fully saturated rings. The zero-order valence-corrected chi connectivity index (χ0v) is 15.3. The van der Waals surface area contributed by atoms with Crippen molar-refractivity contribution < 1.29 is 9.59 Å². The number of likely N-dealkylation sites (tertiary alicyclic amines) is 1. The molecule has 0 aliphatic carbocycles. The summed E-state index contributed by atoms with van der Waals surface area (Å²) in [4.78, 5) is 27.0. The van der Waals surface area contributed by atoms with E-state index >= 15 is 0 Å². The molecule has 6 heteroatoms. The van der Waals surface area contributed by atoms with Crippen LogP contribution in [0.4, 0.5) is 4.79 Å². The second-order valence-corrected chi connectivity index (χ2v) is 7.48. The highest BCUT2D eigenvalue weighted by Gasteiger charge is 2.24. The predicted octanol–water partition coefficient (Wildman–Crippen LogP) is 2.72. The number of nitrogens with one attached hydrogen (secondary N) is 2. The summed E-state index contributed by atoms with van der Waals surface area (Å²) in [6.45, 7) is 5.94. The fourth-order valence-corrected chi connectivity index (χ4v) is 3.49. The zero-order valence-electron chi connectivity index (χ0n) is 14.5. The van der Waals surface area contributed by atoms with Gasteiger partial charge in [0, 0.05) is 42.2 Å². The minimum atomic E-state index is -0.114. The van der Waals surface area contributed by atoms with Crippen molar-refractivity contribution in [3.63, 3.8) is 0 Å². The number of nitrogens with zero attached hydrogens (tertiary/aromatic N) is 1. The SMILES string of the molecule is CC(C)C(=O)N1CCC(NC(=O)NCCSc2ccccc2)CC1. The third kappa shape index (κ3) is 6.07. The number of hydrogen-bond donors (Lipinski definition) is 2. The summed E-state index contributed by atoms with van der Waals surface area (Å²) in [5.41, 5.74) is 0. The van der Waals surface area contributed by atoms with Gasteiger partial charge in [-0.3, -0.25) is 4.79 Å². The first-order chi connectivity index (χ1) is 11.6. The lowest BCUT2D eigenvalue weighted by atomic mass is 10.0. The summed E-state index contributed by atoms with van der Waals surface area (Å²) in [6.07, 6.45) is 1.65. The highest BCUT2D eigenvalue weighted by molar-refractivity contribution is 7.99. The van der Waals surface area contributed by atoms with Gasteiger partial charge in [-0.2, -0.15) is 0 Å². The molecule has 0 spiro atoms. The molecule has 24 heavy (non-hydrogen) atoms. The normalized spacial score (nSPS) is 15.4. The molecule has 3 amide bonds. The number of urea groups is 1. The number of benzene rings is 1. The van der Waals surface area contributed by atoms with Gasteiger partial charge in [0.2, 0.25) is 5.91 Å². The van der Waals surface area contributed by atoms with Crippen LogP contribution in [0, 0.1) is 5.92 Å². The summed E-state index contributed by atoms with van der Waals surface area (Å²) in [5.74, 6) is 1.09. The Morgan fingerprint density at radius 3 is 2.50 bits per heavy atom. The molecule has 1 aromatic rings. The van der Waals surface area contributed by atoms with Crippen LogP contribution in [0.25, 0.3) is 0 Å². The quantitative estimate of drug-likeness (QED) is 0.613. The van der Waals surface area contributed by atoms with Crippen LogP contribution in [0.1, 0.15) is 26.7 Å². The minimum Gasteiger partial charge on any atom is -0.342 e. The number of amides is 3. The van der Waals surface area contributed by atoms with Crippen LogP contribution in [0.2, 0.25) is 0 Å². The highest BCUT2D eigenvalue weighted by atomic mass is 32.2. The Hall–Kier alpha value is -1.69. The van der Waals surface area contributed by atoms with Crippen molar-refractivity contribution in [2.24, 2.45) is 5.92 Å². The van der Waals surface area contributed by atoms with Crippen molar-refractivity contribution in [3.8, 4) is 0 Å². The van der Waals surface area contributed by atoms with Crippen LogP contribution < -0.4 is 10.6 Å². The van der Waals surface area contributed by atoms with E-state index < -0.39 is 0 Å². The Bertz CT molecular complexity index is 528. The lowest BCUT2D eigenvalue weighted by Gasteiger charge is -2.33. The zero-order chi connectivity index (χ0) is 17.4. The van der Waals surface area contributed by atoms with E-state index in [0.717, 1.165) is 31.7 Å². The first kappa shape index (κ1) is 18.6. The molecule has 0 atom stereocenters. The Kier molecular flexibility index (Phi) is 7.43. The molecule has 0 aromatic heterocycles. The van der Waals surface area contributed by atoms with E-state index in [-0.39, 0.29) is 23.9 Å². The lowest BCUT2D eigenvalue weighted by molar-refractivity contribution is -0.135. The average molecular weight is 350 g/mol. The van der Waals surface area contributed by atoms with E-state index in [0.29, 0.717) is 6.54 Å². The molecule has 0 radical (unpaired) electrons. The molecular formula is C18H27N3O2S. The van der Waals surface area contributed by atoms with Crippen molar-refractivity contribution in [1.82, 2.24) is 15.5 Å². The van der Waals surface area contributed by atoms with Gasteiger partial charge in [-0.15, -0.1) is 11.8 Å². The van der Waals surface area contributed by atoms with Crippen LogP contribution >= 0.6 is 11.8 Å². The molecule has 5 nitrogen and oxygen atoms in total. The smallest absolute Gasteiger partial charge is 0.315 e. The Labute approximate surface area is 148 Å². The van der Waals surface area contributed by atoms with Crippen LogP contribution in [-0.4, -0.2) is 48.3 Å². The van der Waals surface area contributed by atoms with Gasteiger partial charge in [0.15, 0.2) is 0 Å². The van der Waals surface area contributed by atoms with Gasteiger partial charge in [0.25, 0.3) is 0 Å². The molecule has 2 rings (SSSR count). The average Bonchev–Trinajstić information content (AvgIpc) is 2.59. The molecule has 0 saturated carbocycles. The molecule has 0 bridgehead atoms. The van der Waals surface area contributed by atoms with Crippen molar-refractivity contribution in [3.05, 3.63) is 30.3 Å².